The van der Waals surface area contributed by atoms with Crippen LogP contribution in [0, 0.1) is 0 Å². The molecule has 1 aliphatic heterocycles. The van der Waals surface area contributed by atoms with E-state index in [0.717, 1.165) is 47.6 Å². The quantitative estimate of drug-likeness (QED) is 0.397. The molecule has 2 N–H and O–H groups in total. The number of aromatic nitrogens is 3. The van der Waals surface area contributed by atoms with Gasteiger partial charge in [0, 0.05) is 79.7 Å². The average Bonchev–Trinajstić information content (AvgIpc) is 3.26. The summed E-state index contributed by atoms with van der Waals surface area (Å²) in [5.41, 5.74) is 4.00. The summed E-state index contributed by atoms with van der Waals surface area (Å²) in [5, 5.41) is 7.89. The van der Waals surface area contributed by atoms with Gasteiger partial charge in [-0.25, -0.2) is 18.4 Å². The molecule has 1 saturated heterocycles. The molecule has 0 spiro atoms. The molecule has 4 heterocycles. The van der Waals surface area contributed by atoms with Crippen molar-refractivity contribution in [1.29, 1.82) is 0 Å². The number of nitrogens with zero attached hydrogens (tertiary/aromatic N) is 5. The van der Waals surface area contributed by atoms with E-state index in [4.69, 9.17) is 0 Å². The van der Waals surface area contributed by atoms with Gasteiger partial charge < -0.3 is 20.1 Å². The summed E-state index contributed by atoms with van der Waals surface area (Å²) in [6, 6.07) is 16.7. The van der Waals surface area contributed by atoms with Crippen molar-refractivity contribution in [2.45, 2.75) is 19.5 Å². The van der Waals surface area contributed by atoms with Crippen molar-refractivity contribution in [3.8, 4) is 0 Å². The lowest BCUT2D eigenvalue weighted by molar-refractivity contribution is 0.485. The molecule has 1 atom stereocenters. The highest BCUT2D eigenvalue weighted by atomic mass is 32.2. The molecule has 188 valence electrons. The van der Waals surface area contributed by atoms with Gasteiger partial charge in [-0.3, -0.25) is 4.31 Å². The Kier molecular flexibility index (Phi) is 6.55. The molecular weight excluding hydrogens is 474 g/mol. The molecular formula is C26H31N7O2S. The molecule has 0 radical (unpaired) electrons. The molecule has 10 heteroatoms. The van der Waals surface area contributed by atoms with Gasteiger partial charge in [-0.15, -0.1) is 0 Å². The first-order valence-corrected chi connectivity index (χ1v) is 13.8. The minimum atomic E-state index is -3.42. The van der Waals surface area contributed by atoms with Crippen LogP contribution < -0.4 is 19.8 Å². The average molecular weight is 506 g/mol. The van der Waals surface area contributed by atoms with Gasteiger partial charge in [0.1, 0.15) is 11.6 Å². The van der Waals surface area contributed by atoms with Crippen LogP contribution in [-0.2, 0) is 16.6 Å². The number of piperazine rings is 1. The third-order valence-electron chi connectivity index (χ3n) is 6.53. The van der Waals surface area contributed by atoms with E-state index < -0.39 is 10.0 Å². The van der Waals surface area contributed by atoms with Gasteiger partial charge in [0.2, 0.25) is 10.0 Å². The van der Waals surface area contributed by atoms with Crippen molar-refractivity contribution in [2.75, 3.05) is 47.5 Å². The minimum absolute atomic E-state index is 0.424. The van der Waals surface area contributed by atoms with E-state index in [9.17, 15) is 8.42 Å². The summed E-state index contributed by atoms with van der Waals surface area (Å²) in [5.74, 6) is 1.17. The van der Waals surface area contributed by atoms with Crippen LogP contribution in [0.4, 0.5) is 23.0 Å². The van der Waals surface area contributed by atoms with E-state index in [-0.39, 0.29) is 0 Å². The van der Waals surface area contributed by atoms with E-state index in [1.165, 1.54) is 23.3 Å². The fraction of sp³-hybridized carbons (Fsp3) is 0.308. The Morgan fingerprint density at radius 1 is 1.17 bits per heavy atom. The lowest BCUT2D eigenvalue weighted by Crippen LogP contribution is -2.49. The Morgan fingerprint density at radius 3 is 2.72 bits per heavy atom. The van der Waals surface area contributed by atoms with Crippen molar-refractivity contribution in [1.82, 2.24) is 19.9 Å². The van der Waals surface area contributed by atoms with E-state index in [1.54, 1.807) is 6.20 Å². The zero-order valence-electron chi connectivity index (χ0n) is 20.7. The minimum Gasteiger partial charge on any atom is -0.369 e. The van der Waals surface area contributed by atoms with Crippen molar-refractivity contribution >= 4 is 43.9 Å². The smallest absolute Gasteiger partial charge is 0.233 e. The molecule has 3 aromatic heterocycles. The molecule has 0 bridgehead atoms. The van der Waals surface area contributed by atoms with Crippen LogP contribution >= 0.6 is 0 Å². The first-order chi connectivity index (χ1) is 17.3. The summed E-state index contributed by atoms with van der Waals surface area (Å²) in [6.07, 6.45) is 6.61. The van der Waals surface area contributed by atoms with Crippen molar-refractivity contribution < 1.29 is 8.42 Å². The lowest BCUT2D eigenvalue weighted by Gasteiger charge is -2.33. The van der Waals surface area contributed by atoms with Gasteiger partial charge >= 0.3 is 0 Å². The van der Waals surface area contributed by atoms with Crippen LogP contribution in [0.3, 0.4) is 0 Å². The SMILES string of the molecule is C[C@H]1CN(c2ccc(Nc3cc4c(ccn4Cc4cccnc4N(C)S(C)(=O)=O)cn3)cc2)CCN1. The van der Waals surface area contributed by atoms with Gasteiger partial charge in [-0.05, 0) is 43.3 Å². The highest BCUT2D eigenvalue weighted by molar-refractivity contribution is 7.92. The normalized spacial score (nSPS) is 16.3. The summed E-state index contributed by atoms with van der Waals surface area (Å²) in [4.78, 5) is 11.3. The molecule has 0 saturated carbocycles. The molecule has 1 aliphatic rings. The number of hydrogen-bond donors (Lipinski definition) is 2. The molecule has 0 amide bonds. The summed E-state index contributed by atoms with van der Waals surface area (Å²) >= 11 is 0. The van der Waals surface area contributed by atoms with Gasteiger partial charge in [-0.1, -0.05) is 6.07 Å². The van der Waals surface area contributed by atoms with Gasteiger partial charge in [0.25, 0.3) is 0 Å². The molecule has 9 nitrogen and oxygen atoms in total. The van der Waals surface area contributed by atoms with Gasteiger partial charge in [0.05, 0.1) is 18.3 Å². The second-order valence-corrected chi connectivity index (χ2v) is 11.3. The van der Waals surface area contributed by atoms with E-state index in [0.29, 0.717) is 18.4 Å². The first kappa shape index (κ1) is 24.1. The molecule has 1 aromatic carbocycles. The number of rotatable bonds is 7. The predicted molar refractivity (Wildman–Crippen MR) is 146 cm³/mol. The maximum Gasteiger partial charge on any atom is 0.233 e. The van der Waals surface area contributed by atoms with Crippen LogP contribution in [0.2, 0.25) is 0 Å². The number of anilines is 4. The topological polar surface area (TPSA) is 95.4 Å². The largest absolute Gasteiger partial charge is 0.369 e. The standard InChI is InChI=1S/C26H31N7O2S/c1-19-17-32(14-12-27-19)23-8-6-22(7-9-23)30-25-15-24-20(16-29-25)10-13-33(24)18-21-5-4-11-28-26(21)31(2)36(3,34)35/h4-11,13,15-16,19,27H,12,14,17-18H2,1-3H3,(H,29,30)/t19-/m0/s1. The number of fused-ring (bicyclic) bond motifs is 1. The zero-order valence-corrected chi connectivity index (χ0v) is 21.5. The summed E-state index contributed by atoms with van der Waals surface area (Å²) < 4.78 is 27.5. The van der Waals surface area contributed by atoms with Crippen LogP contribution in [0.1, 0.15) is 12.5 Å². The van der Waals surface area contributed by atoms with Crippen LogP contribution in [0.15, 0.2) is 67.1 Å². The first-order valence-electron chi connectivity index (χ1n) is 12.0. The van der Waals surface area contributed by atoms with Crippen molar-refractivity contribution in [2.24, 2.45) is 0 Å². The molecule has 36 heavy (non-hydrogen) atoms. The predicted octanol–water partition coefficient (Wildman–Crippen LogP) is 3.42. The monoisotopic (exact) mass is 505 g/mol. The highest BCUT2D eigenvalue weighted by Crippen LogP contribution is 2.26. The van der Waals surface area contributed by atoms with E-state index in [2.05, 4.69) is 61.3 Å². The number of sulfonamides is 1. The Bertz CT molecular complexity index is 1470. The van der Waals surface area contributed by atoms with Crippen LogP contribution in [-0.4, -0.2) is 61.9 Å². The van der Waals surface area contributed by atoms with Crippen molar-refractivity contribution in [3.05, 3.63) is 72.7 Å². The molecule has 0 aliphatic carbocycles. The number of benzene rings is 1. The Hall–Kier alpha value is -3.63. The third kappa shape index (κ3) is 5.14. The van der Waals surface area contributed by atoms with Gasteiger partial charge in [0.15, 0.2) is 0 Å². The Labute approximate surface area is 211 Å². The second-order valence-electron chi connectivity index (χ2n) is 9.26. The number of nitrogens with one attached hydrogen (secondary N) is 2. The molecule has 4 aromatic rings. The third-order valence-corrected chi connectivity index (χ3v) is 7.70. The Balaban J connectivity index is 1.36. The summed E-state index contributed by atoms with van der Waals surface area (Å²) in [7, 11) is -1.90. The van der Waals surface area contributed by atoms with E-state index in [1.807, 2.05) is 36.7 Å². The number of pyridine rings is 2. The second kappa shape index (κ2) is 9.79. The lowest BCUT2D eigenvalue weighted by atomic mass is 10.2. The van der Waals surface area contributed by atoms with Crippen molar-refractivity contribution in [3.63, 3.8) is 0 Å². The molecule has 5 rings (SSSR count). The van der Waals surface area contributed by atoms with Gasteiger partial charge in [-0.2, -0.15) is 0 Å². The number of hydrogen-bond acceptors (Lipinski definition) is 7. The fourth-order valence-corrected chi connectivity index (χ4v) is 5.02. The maximum atomic E-state index is 12.1. The molecule has 1 fully saturated rings. The maximum absolute atomic E-state index is 12.1. The van der Waals surface area contributed by atoms with Crippen LogP contribution in [0.25, 0.3) is 10.9 Å². The summed E-state index contributed by atoms with van der Waals surface area (Å²) in [6.45, 7) is 5.69. The molecule has 0 unspecified atom stereocenters. The Morgan fingerprint density at radius 2 is 1.97 bits per heavy atom. The van der Waals surface area contributed by atoms with E-state index >= 15 is 0 Å². The fourth-order valence-electron chi connectivity index (χ4n) is 4.54. The highest BCUT2D eigenvalue weighted by Gasteiger charge is 2.18. The van der Waals surface area contributed by atoms with Crippen LogP contribution in [0.5, 0.6) is 0 Å². The zero-order chi connectivity index (χ0) is 25.3.